The fraction of sp³-hybridized carbons (Fsp3) is 0.545. The number of hydrogen-bond acceptors (Lipinski definition) is 2. The first kappa shape index (κ1) is 14.5. The molecule has 0 N–H and O–H groups in total. The minimum atomic E-state index is -0.137. The van der Waals surface area contributed by atoms with Crippen LogP contribution < -0.4 is 17.0 Å². The van der Waals surface area contributed by atoms with E-state index in [4.69, 9.17) is 10.5 Å². The van der Waals surface area contributed by atoms with E-state index in [1.807, 2.05) is 41.7 Å². The average Bonchev–Trinajstić information content (AvgIpc) is 2.71. The van der Waals surface area contributed by atoms with Gasteiger partial charge in [0.25, 0.3) is 0 Å². The molecule has 0 radical (unpaired) electrons. The minimum Gasteiger partial charge on any atom is -1.00 e. The highest BCUT2D eigenvalue weighted by Gasteiger charge is 2.17. The van der Waals surface area contributed by atoms with Gasteiger partial charge in [0.2, 0.25) is 6.33 Å². The highest BCUT2D eigenvalue weighted by molar-refractivity contribution is 4.90. The van der Waals surface area contributed by atoms with Gasteiger partial charge in [0.1, 0.15) is 24.5 Å². The van der Waals surface area contributed by atoms with E-state index >= 15 is 0 Å². The van der Waals surface area contributed by atoms with Gasteiger partial charge in [0.05, 0.1) is 0 Å². The molecule has 0 aromatic carbocycles. The Morgan fingerprint density at radius 3 is 2.38 bits per heavy atom. The highest BCUT2D eigenvalue weighted by atomic mass is 35.5. The monoisotopic (exact) mass is 238 g/mol. The molecule has 1 aromatic rings. The van der Waals surface area contributed by atoms with E-state index in [-0.39, 0.29) is 24.5 Å². The Kier molecular flexibility index (Phi) is 6.22. The predicted molar refractivity (Wildman–Crippen MR) is 54.5 cm³/mol. The summed E-state index contributed by atoms with van der Waals surface area (Å²) >= 11 is 0. The van der Waals surface area contributed by atoms with Crippen molar-refractivity contribution in [3.8, 4) is 12.1 Å². The summed E-state index contributed by atoms with van der Waals surface area (Å²) in [5, 5.41) is 17.8. The highest BCUT2D eigenvalue weighted by Crippen LogP contribution is 2.09. The fourth-order valence-corrected chi connectivity index (χ4v) is 1.49. The molecule has 0 amide bonds. The standard InChI is InChI=1S/C11H15N4.ClH/c1-3-10(7-12)14-5-6-15(9-14)11(4-2)8-13;/h5-6,9-11H,3-4H2,1-2H3;1H/q+1;/p-1. The van der Waals surface area contributed by atoms with Crippen molar-refractivity contribution in [2.75, 3.05) is 0 Å². The third-order valence-electron chi connectivity index (χ3n) is 2.47. The molecule has 0 bridgehead atoms. The van der Waals surface area contributed by atoms with Crippen LogP contribution in [0.1, 0.15) is 38.8 Å². The summed E-state index contributed by atoms with van der Waals surface area (Å²) in [7, 11) is 0. The van der Waals surface area contributed by atoms with Crippen molar-refractivity contribution in [3.63, 3.8) is 0 Å². The second-order valence-corrected chi connectivity index (χ2v) is 3.41. The topological polar surface area (TPSA) is 56.4 Å². The van der Waals surface area contributed by atoms with E-state index in [2.05, 4.69) is 12.1 Å². The molecular weight excluding hydrogens is 224 g/mol. The van der Waals surface area contributed by atoms with Gasteiger partial charge in [-0.05, 0) is 12.8 Å². The molecule has 0 aliphatic heterocycles. The number of aromatic nitrogens is 2. The summed E-state index contributed by atoms with van der Waals surface area (Å²) < 4.78 is 3.69. The summed E-state index contributed by atoms with van der Waals surface area (Å²) in [5.74, 6) is 0. The first-order chi connectivity index (χ1) is 7.26. The molecule has 1 aromatic heterocycles. The molecule has 0 aliphatic rings. The van der Waals surface area contributed by atoms with E-state index in [0.717, 1.165) is 12.8 Å². The van der Waals surface area contributed by atoms with E-state index < -0.39 is 0 Å². The molecule has 5 heteroatoms. The van der Waals surface area contributed by atoms with Gasteiger partial charge in [-0.2, -0.15) is 10.5 Å². The minimum absolute atomic E-state index is 0. The third-order valence-corrected chi connectivity index (χ3v) is 2.47. The molecular formula is C11H15ClN4. The maximum absolute atomic E-state index is 8.90. The summed E-state index contributed by atoms with van der Waals surface area (Å²) in [6, 6.07) is 4.17. The lowest BCUT2D eigenvalue weighted by molar-refractivity contribution is -0.710. The second-order valence-electron chi connectivity index (χ2n) is 3.41. The summed E-state index contributed by atoms with van der Waals surface area (Å²) in [6.45, 7) is 3.94. The van der Waals surface area contributed by atoms with E-state index in [1.54, 1.807) is 0 Å². The van der Waals surface area contributed by atoms with Gasteiger partial charge in [-0.3, -0.25) is 0 Å². The van der Waals surface area contributed by atoms with Crippen LogP contribution in [0.4, 0.5) is 0 Å². The van der Waals surface area contributed by atoms with Crippen LogP contribution in [0.3, 0.4) is 0 Å². The van der Waals surface area contributed by atoms with Crippen molar-refractivity contribution in [2.24, 2.45) is 0 Å². The van der Waals surface area contributed by atoms with Gasteiger partial charge in [0, 0.05) is 0 Å². The molecule has 2 atom stereocenters. The molecule has 2 unspecified atom stereocenters. The van der Waals surface area contributed by atoms with E-state index in [1.165, 1.54) is 0 Å². The Labute approximate surface area is 102 Å². The lowest BCUT2D eigenvalue weighted by Crippen LogP contribution is -3.00. The average molecular weight is 239 g/mol. The van der Waals surface area contributed by atoms with Crippen LogP contribution in [0.2, 0.25) is 0 Å². The molecule has 86 valence electrons. The number of imidazole rings is 1. The van der Waals surface area contributed by atoms with Gasteiger partial charge in [-0.15, -0.1) is 0 Å². The molecule has 0 spiro atoms. The molecule has 1 rings (SSSR count). The summed E-state index contributed by atoms with van der Waals surface area (Å²) in [4.78, 5) is 0. The van der Waals surface area contributed by atoms with Crippen LogP contribution in [-0.4, -0.2) is 4.57 Å². The first-order valence-electron chi connectivity index (χ1n) is 5.14. The Balaban J connectivity index is 0.00000225. The number of nitriles is 2. The molecule has 16 heavy (non-hydrogen) atoms. The van der Waals surface area contributed by atoms with Gasteiger partial charge in [0.15, 0.2) is 12.1 Å². The Bertz CT molecular complexity index is 362. The first-order valence-corrected chi connectivity index (χ1v) is 5.14. The van der Waals surface area contributed by atoms with Gasteiger partial charge in [-0.1, -0.05) is 13.8 Å². The maximum Gasteiger partial charge on any atom is 0.245 e. The van der Waals surface area contributed by atoms with Crippen molar-refractivity contribution in [1.29, 1.82) is 10.5 Å². The lowest BCUT2D eigenvalue weighted by atomic mass is 10.2. The molecule has 0 saturated carbocycles. The lowest BCUT2D eigenvalue weighted by Gasteiger charge is -2.01. The number of halogens is 1. The van der Waals surface area contributed by atoms with Crippen molar-refractivity contribution in [1.82, 2.24) is 4.57 Å². The number of hydrogen-bond donors (Lipinski definition) is 0. The molecule has 0 fully saturated rings. The molecule has 0 aliphatic carbocycles. The zero-order chi connectivity index (χ0) is 11.3. The van der Waals surface area contributed by atoms with Crippen LogP contribution >= 0.6 is 0 Å². The molecule has 0 saturated heterocycles. The van der Waals surface area contributed by atoms with Gasteiger partial charge < -0.3 is 12.4 Å². The number of nitrogens with zero attached hydrogens (tertiary/aromatic N) is 4. The quantitative estimate of drug-likeness (QED) is 0.615. The Morgan fingerprint density at radius 1 is 1.25 bits per heavy atom. The summed E-state index contributed by atoms with van der Waals surface area (Å²) in [5.41, 5.74) is 0. The van der Waals surface area contributed by atoms with Gasteiger partial charge >= 0.3 is 0 Å². The number of rotatable bonds is 4. The normalized spacial score (nSPS) is 13.0. The van der Waals surface area contributed by atoms with Crippen molar-refractivity contribution in [2.45, 2.75) is 38.8 Å². The SMILES string of the molecule is CCC(C#N)n1cc[n+](C(C#N)CC)c1.[Cl-]. The second kappa shape index (κ2) is 6.87. The van der Waals surface area contributed by atoms with Crippen LogP contribution in [0, 0.1) is 22.7 Å². The molecule has 4 nitrogen and oxygen atoms in total. The van der Waals surface area contributed by atoms with Crippen molar-refractivity contribution >= 4 is 0 Å². The van der Waals surface area contributed by atoms with Crippen LogP contribution in [-0.2, 0) is 0 Å². The van der Waals surface area contributed by atoms with Gasteiger partial charge in [-0.25, -0.2) is 9.13 Å². The third kappa shape index (κ3) is 2.98. The predicted octanol–water partition coefficient (Wildman–Crippen LogP) is -1.27. The zero-order valence-electron chi connectivity index (χ0n) is 9.47. The maximum atomic E-state index is 8.90. The molecule has 1 heterocycles. The zero-order valence-corrected chi connectivity index (χ0v) is 10.2. The Hall–Kier alpha value is -1.52. The largest absolute Gasteiger partial charge is 1.00 e. The van der Waals surface area contributed by atoms with Crippen LogP contribution in [0.15, 0.2) is 18.7 Å². The summed E-state index contributed by atoms with van der Waals surface area (Å²) in [6.07, 6.45) is 7.06. The van der Waals surface area contributed by atoms with Crippen molar-refractivity contribution in [3.05, 3.63) is 18.7 Å². The van der Waals surface area contributed by atoms with Crippen molar-refractivity contribution < 1.29 is 17.0 Å². The smallest absolute Gasteiger partial charge is 0.245 e. The fourth-order valence-electron chi connectivity index (χ4n) is 1.49. The van der Waals surface area contributed by atoms with E-state index in [0.29, 0.717) is 0 Å². The van der Waals surface area contributed by atoms with Crippen LogP contribution in [0.5, 0.6) is 0 Å². The Morgan fingerprint density at radius 2 is 1.94 bits per heavy atom. The van der Waals surface area contributed by atoms with Crippen LogP contribution in [0.25, 0.3) is 0 Å². The van der Waals surface area contributed by atoms with E-state index in [9.17, 15) is 0 Å².